The average Bonchev–Trinajstić information content (AvgIpc) is 2.38. The van der Waals surface area contributed by atoms with Crippen LogP contribution in [0.25, 0.3) is 0 Å². The summed E-state index contributed by atoms with van der Waals surface area (Å²) in [4.78, 5) is 2.02. The Hall–Kier alpha value is -0.910. The molecule has 6 heteroatoms. The molecule has 1 aromatic carbocycles. The fraction of sp³-hybridized carbons (Fsp3) is 0.600. The van der Waals surface area contributed by atoms with Gasteiger partial charge >= 0.3 is 6.61 Å². The fourth-order valence-corrected chi connectivity index (χ4v) is 2.15. The predicted molar refractivity (Wildman–Crippen MR) is 81.8 cm³/mol. The van der Waals surface area contributed by atoms with E-state index in [1.165, 1.54) is 12.1 Å². The van der Waals surface area contributed by atoms with Crippen LogP contribution in [0, 0.1) is 5.92 Å². The highest BCUT2D eigenvalue weighted by Gasteiger charge is 2.13. The summed E-state index contributed by atoms with van der Waals surface area (Å²) in [6.07, 6.45) is 0.847. The van der Waals surface area contributed by atoms with Crippen LogP contribution in [0.1, 0.15) is 25.8 Å². The fourth-order valence-electron chi connectivity index (χ4n) is 1.96. The van der Waals surface area contributed by atoms with Crippen LogP contribution in [0.15, 0.2) is 18.2 Å². The SMILES string of the molecule is CC(C)C(N)CCN(C)Cc1cc(Cl)ccc1OC(F)F. The van der Waals surface area contributed by atoms with E-state index in [4.69, 9.17) is 17.3 Å². The molecule has 3 nitrogen and oxygen atoms in total. The van der Waals surface area contributed by atoms with Crippen molar-refractivity contribution in [3.05, 3.63) is 28.8 Å². The van der Waals surface area contributed by atoms with Gasteiger partial charge in [0, 0.05) is 23.2 Å². The zero-order chi connectivity index (χ0) is 16.0. The summed E-state index contributed by atoms with van der Waals surface area (Å²) < 4.78 is 29.3. The maximum absolute atomic E-state index is 12.4. The third kappa shape index (κ3) is 6.59. The Balaban J connectivity index is 2.65. The minimum Gasteiger partial charge on any atom is -0.434 e. The van der Waals surface area contributed by atoms with Crippen molar-refractivity contribution >= 4 is 11.6 Å². The summed E-state index contributed by atoms with van der Waals surface area (Å²) in [6, 6.07) is 4.79. The molecule has 0 amide bonds. The molecular formula is C15H23ClF2N2O. The van der Waals surface area contributed by atoms with Crippen LogP contribution in [0.4, 0.5) is 8.78 Å². The Morgan fingerprint density at radius 2 is 2.00 bits per heavy atom. The molecule has 0 heterocycles. The first kappa shape index (κ1) is 18.1. The number of ether oxygens (including phenoxy) is 1. The van der Waals surface area contributed by atoms with Gasteiger partial charge in [0.2, 0.25) is 0 Å². The molecule has 0 radical (unpaired) electrons. The standard InChI is InChI=1S/C15H23ClF2N2O/c1-10(2)13(19)6-7-20(3)9-11-8-12(16)4-5-14(11)21-15(17)18/h4-5,8,10,13,15H,6-7,9,19H2,1-3H3. The summed E-state index contributed by atoms with van der Waals surface area (Å²) in [7, 11) is 1.92. The lowest BCUT2D eigenvalue weighted by molar-refractivity contribution is -0.0507. The van der Waals surface area contributed by atoms with Gasteiger partial charge in [-0.3, -0.25) is 0 Å². The molecule has 1 rings (SSSR count). The van der Waals surface area contributed by atoms with Crippen molar-refractivity contribution in [2.75, 3.05) is 13.6 Å². The van der Waals surface area contributed by atoms with E-state index in [0.29, 0.717) is 23.0 Å². The van der Waals surface area contributed by atoms with Crippen LogP contribution in [-0.2, 0) is 6.54 Å². The van der Waals surface area contributed by atoms with E-state index in [9.17, 15) is 8.78 Å². The lowest BCUT2D eigenvalue weighted by atomic mass is 10.0. The first-order valence-corrected chi connectivity index (χ1v) is 7.34. The second-order valence-corrected chi connectivity index (χ2v) is 6.00. The lowest BCUT2D eigenvalue weighted by Crippen LogP contribution is -2.31. The maximum atomic E-state index is 12.4. The minimum absolute atomic E-state index is 0.128. The molecule has 1 aromatic rings. The molecule has 0 saturated heterocycles. The number of benzene rings is 1. The zero-order valence-corrected chi connectivity index (χ0v) is 13.4. The van der Waals surface area contributed by atoms with Crippen molar-refractivity contribution in [2.24, 2.45) is 11.7 Å². The second kappa shape index (κ2) is 8.51. The molecule has 1 unspecified atom stereocenters. The Morgan fingerprint density at radius 1 is 1.33 bits per heavy atom. The number of nitrogens with two attached hydrogens (primary N) is 1. The predicted octanol–water partition coefficient (Wildman–Crippen LogP) is 3.75. The van der Waals surface area contributed by atoms with E-state index in [-0.39, 0.29) is 11.8 Å². The molecule has 2 N–H and O–H groups in total. The molecule has 0 bridgehead atoms. The van der Waals surface area contributed by atoms with E-state index in [1.807, 2.05) is 11.9 Å². The van der Waals surface area contributed by atoms with Crippen LogP contribution >= 0.6 is 11.6 Å². The van der Waals surface area contributed by atoms with Crippen LogP contribution in [0.3, 0.4) is 0 Å². The van der Waals surface area contributed by atoms with Crippen molar-refractivity contribution in [2.45, 2.75) is 39.5 Å². The van der Waals surface area contributed by atoms with Crippen molar-refractivity contribution in [1.29, 1.82) is 0 Å². The third-order valence-corrected chi connectivity index (χ3v) is 3.61. The Morgan fingerprint density at radius 3 is 2.57 bits per heavy atom. The summed E-state index contributed by atoms with van der Waals surface area (Å²) in [5.41, 5.74) is 6.65. The largest absolute Gasteiger partial charge is 0.434 e. The molecular weight excluding hydrogens is 298 g/mol. The van der Waals surface area contributed by atoms with Gasteiger partial charge in [-0.15, -0.1) is 0 Å². The van der Waals surface area contributed by atoms with Gasteiger partial charge in [-0.05, 0) is 44.1 Å². The Kier molecular flexibility index (Phi) is 7.35. The van der Waals surface area contributed by atoms with Gasteiger partial charge in [-0.25, -0.2) is 0 Å². The van der Waals surface area contributed by atoms with Gasteiger partial charge in [-0.2, -0.15) is 8.78 Å². The molecule has 0 fully saturated rings. The topological polar surface area (TPSA) is 38.5 Å². The number of hydrogen-bond acceptors (Lipinski definition) is 3. The van der Waals surface area contributed by atoms with Crippen molar-refractivity contribution in [1.82, 2.24) is 4.90 Å². The number of halogens is 3. The monoisotopic (exact) mass is 320 g/mol. The van der Waals surface area contributed by atoms with Gasteiger partial charge in [-0.1, -0.05) is 25.4 Å². The van der Waals surface area contributed by atoms with E-state index in [1.54, 1.807) is 6.07 Å². The number of rotatable bonds is 8. The van der Waals surface area contributed by atoms with Crippen molar-refractivity contribution in [3.63, 3.8) is 0 Å². The Labute approximate surface area is 130 Å². The first-order valence-electron chi connectivity index (χ1n) is 6.97. The van der Waals surface area contributed by atoms with Gasteiger partial charge in [0.05, 0.1) is 0 Å². The normalized spacial score (nSPS) is 13.2. The van der Waals surface area contributed by atoms with Crippen LogP contribution in [0.2, 0.25) is 5.02 Å². The third-order valence-electron chi connectivity index (χ3n) is 3.38. The van der Waals surface area contributed by atoms with Gasteiger partial charge in [0.25, 0.3) is 0 Å². The molecule has 0 spiro atoms. The zero-order valence-electron chi connectivity index (χ0n) is 12.7. The van der Waals surface area contributed by atoms with Crippen molar-refractivity contribution in [3.8, 4) is 5.75 Å². The first-order chi connectivity index (χ1) is 9.79. The van der Waals surface area contributed by atoms with E-state index >= 15 is 0 Å². The van der Waals surface area contributed by atoms with Gasteiger partial charge < -0.3 is 15.4 Å². The number of alkyl halides is 2. The lowest BCUT2D eigenvalue weighted by Gasteiger charge is -2.22. The molecule has 0 aliphatic rings. The highest BCUT2D eigenvalue weighted by Crippen LogP contribution is 2.25. The van der Waals surface area contributed by atoms with Crippen LogP contribution in [0.5, 0.6) is 5.75 Å². The smallest absolute Gasteiger partial charge is 0.387 e. The van der Waals surface area contributed by atoms with Gasteiger partial charge in [0.15, 0.2) is 0 Å². The van der Waals surface area contributed by atoms with E-state index in [2.05, 4.69) is 18.6 Å². The van der Waals surface area contributed by atoms with Crippen molar-refractivity contribution < 1.29 is 13.5 Å². The molecule has 0 aliphatic carbocycles. The average molecular weight is 321 g/mol. The molecule has 0 saturated carbocycles. The molecule has 21 heavy (non-hydrogen) atoms. The Bertz CT molecular complexity index is 444. The summed E-state index contributed by atoms with van der Waals surface area (Å²) in [5.74, 6) is 0.580. The van der Waals surface area contributed by atoms with Gasteiger partial charge in [0.1, 0.15) is 5.75 Å². The van der Waals surface area contributed by atoms with Crippen LogP contribution < -0.4 is 10.5 Å². The van der Waals surface area contributed by atoms with Crippen LogP contribution in [-0.4, -0.2) is 31.1 Å². The minimum atomic E-state index is -2.84. The van der Waals surface area contributed by atoms with E-state index < -0.39 is 6.61 Å². The molecule has 1 atom stereocenters. The number of nitrogens with zero attached hydrogens (tertiary/aromatic N) is 1. The maximum Gasteiger partial charge on any atom is 0.387 e. The number of hydrogen-bond donors (Lipinski definition) is 1. The highest BCUT2D eigenvalue weighted by molar-refractivity contribution is 6.30. The molecule has 0 aliphatic heterocycles. The summed E-state index contributed by atoms with van der Waals surface area (Å²) in [5, 5.41) is 0.499. The molecule has 0 aromatic heterocycles. The van der Waals surface area contributed by atoms with E-state index in [0.717, 1.165) is 13.0 Å². The molecule has 120 valence electrons. The summed E-state index contributed by atoms with van der Waals surface area (Å²) in [6.45, 7) is 2.57. The highest BCUT2D eigenvalue weighted by atomic mass is 35.5. The summed E-state index contributed by atoms with van der Waals surface area (Å²) >= 11 is 5.92. The quantitative estimate of drug-likeness (QED) is 0.793. The second-order valence-electron chi connectivity index (χ2n) is 5.56.